The van der Waals surface area contributed by atoms with E-state index in [1.54, 1.807) is 10.8 Å². The third kappa shape index (κ3) is 2.54. The standard InChI is InChI=1S/C18H20N6/c1-12(2)18-21-20-17-7-6-14(11-23(17)18)9-13(3)16-10-15-5-4-8-19-24(15)22-16/h4-8,10-13H,9H2,1-3H3. The van der Waals surface area contributed by atoms with Crippen molar-refractivity contribution in [2.24, 2.45) is 0 Å². The minimum Gasteiger partial charge on any atom is -0.286 e. The van der Waals surface area contributed by atoms with Crippen LogP contribution in [0.15, 0.2) is 42.7 Å². The smallest absolute Gasteiger partial charge is 0.160 e. The molecule has 0 aromatic carbocycles. The summed E-state index contributed by atoms with van der Waals surface area (Å²) in [5.74, 6) is 1.65. The summed E-state index contributed by atoms with van der Waals surface area (Å²) >= 11 is 0. The van der Waals surface area contributed by atoms with Gasteiger partial charge in [0.15, 0.2) is 5.65 Å². The van der Waals surface area contributed by atoms with E-state index in [0.29, 0.717) is 11.8 Å². The molecule has 4 heterocycles. The maximum absolute atomic E-state index is 4.58. The van der Waals surface area contributed by atoms with Crippen LogP contribution < -0.4 is 0 Å². The lowest BCUT2D eigenvalue weighted by Gasteiger charge is -2.10. The Morgan fingerprint density at radius 1 is 1.08 bits per heavy atom. The van der Waals surface area contributed by atoms with Gasteiger partial charge in [0, 0.05) is 24.2 Å². The molecular weight excluding hydrogens is 300 g/mol. The number of hydrogen-bond donors (Lipinski definition) is 0. The van der Waals surface area contributed by atoms with Crippen molar-refractivity contribution >= 4 is 11.2 Å². The lowest BCUT2D eigenvalue weighted by molar-refractivity contribution is 0.686. The minimum absolute atomic E-state index is 0.308. The van der Waals surface area contributed by atoms with Gasteiger partial charge in [-0.3, -0.25) is 4.40 Å². The molecule has 1 unspecified atom stereocenters. The van der Waals surface area contributed by atoms with Gasteiger partial charge in [-0.25, -0.2) is 0 Å². The van der Waals surface area contributed by atoms with Gasteiger partial charge < -0.3 is 0 Å². The number of pyridine rings is 1. The van der Waals surface area contributed by atoms with Crippen LogP contribution in [-0.2, 0) is 6.42 Å². The largest absolute Gasteiger partial charge is 0.286 e. The van der Waals surface area contributed by atoms with Crippen molar-refractivity contribution in [2.45, 2.75) is 39.0 Å². The maximum Gasteiger partial charge on any atom is 0.160 e. The molecule has 0 spiro atoms. The predicted octanol–water partition coefficient (Wildman–Crippen LogP) is 3.24. The highest BCUT2D eigenvalue weighted by molar-refractivity contribution is 5.46. The predicted molar refractivity (Wildman–Crippen MR) is 92.2 cm³/mol. The third-order valence-electron chi connectivity index (χ3n) is 4.32. The van der Waals surface area contributed by atoms with Crippen molar-refractivity contribution in [1.29, 1.82) is 0 Å². The van der Waals surface area contributed by atoms with Crippen LogP contribution >= 0.6 is 0 Å². The molecule has 4 aromatic heterocycles. The number of rotatable bonds is 4. The van der Waals surface area contributed by atoms with E-state index in [0.717, 1.165) is 29.1 Å². The van der Waals surface area contributed by atoms with Crippen LogP contribution in [0.4, 0.5) is 0 Å². The molecule has 0 aliphatic heterocycles. The molecule has 0 fully saturated rings. The molecule has 4 aromatic rings. The molecule has 1 atom stereocenters. The lowest BCUT2D eigenvalue weighted by Crippen LogP contribution is -2.03. The fourth-order valence-electron chi connectivity index (χ4n) is 3.02. The quantitative estimate of drug-likeness (QED) is 0.579. The molecule has 0 bridgehead atoms. The van der Waals surface area contributed by atoms with E-state index < -0.39 is 0 Å². The van der Waals surface area contributed by atoms with Gasteiger partial charge in [-0.15, -0.1) is 10.2 Å². The van der Waals surface area contributed by atoms with Gasteiger partial charge in [0.05, 0.1) is 11.2 Å². The Hall–Kier alpha value is -2.76. The molecule has 0 saturated carbocycles. The Bertz CT molecular complexity index is 964. The zero-order valence-corrected chi connectivity index (χ0v) is 14.1. The van der Waals surface area contributed by atoms with Gasteiger partial charge >= 0.3 is 0 Å². The second-order valence-corrected chi connectivity index (χ2v) is 6.59. The molecule has 6 nitrogen and oxygen atoms in total. The Kier molecular flexibility index (Phi) is 3.52. The van der Waals surface area contributed by atoms with Crippen molar-refractivity contribution in [2.75, 3.05) is 0 Å². The van der Waals surface area contributed by atoms with Gasteiger partial charge in [0.1, 0.15) is 5.82 Å². The Morgan fingerprint density at radius 2 is 1.96 bits per heavy atom. The van der Waals surface area contributed by atoms with Crippen LogP contribution in [0.3, 0.4) is 0 Å². The van der Waals surface area contributed by atoms with Crippen molar-refractivity contribution in [1.82, 2.24) is 29.4 Å². The van der Waals surface area contributed by atoms with Gasteiger partial charge in [-0.2, -0.15) is 14.8 Å². The van der Waals surface area contributed by atoms with E-state index in [9.17, 15) is 0 Å². The fraction of sp³-hybridized carbons (Fsp3) is 0.333. The molecule has 4 rings (SSSR count). The summed E-state index contributed by atoms with van der Waals surface area (Å²) in [5.41, 5.74) is 4.23. The number of aromatic nitrogens is 6. The first kappa shape index (κ1) is 14.8. The SMILES string of the molecule is CC(C)c1nnc2ccc(CC(C)c3cc4cccnn4n3)cn12. The Morgan fingerprint density at radius 3 is 2.75 bits per heavy atom. The van der Waals surface area contributed by atoms with Crippen LogP contribution in [0, 0.1) is 0 Å². The van der Waals surface area contributed by atoms with Crippen LogP contribution in [0.1, 0.15) is 49.7 Å². The van der Waals surface area contributed by atoms with Crippen molar-refractivity contribution in [3.05, 3.63) is 59.8 Å². The van der Waals surface area contributed by atoms with E-state index in [1.165, 1.54) is 5.56 Å². The molecular formula is C18H20N6. The van der Waals surface area contributed by atoms with Crippen LogP contribution in [0.25, 0.3) is 11.2 Å². The normalized spacial score (nSPS) is 13.2. The van der Waals surface area contributed by atoms with E-state index >= 15 is 0 Å². The molecule has 0 N–H and O–H groups in total. The average molecular weight is 320 g/mol. The highest BCUT2D eigenvalue weighted by Crippen LogP contribution is 2.22. The van der Waals surface area contributed by atoms with Gasteiger partial charge in [-0.1, -0.05) is 26.8 Å². The average Bonchev–Trinajstić information content (AvgIpc) is 3.18. The van der Waals surface area contributed by atoms with E-state index in [2.05, 4.69) is 63.9 Å². The molecule has 0 aliphatic rings. The molecule has 122 valence electrons. The van der Waals surface area contributed by atoms with Gasteiger partial charge in [0.25, 0.3) is 0 Å². The van der Waals surface area contributed by atoms with Gasteiger partial charge in [-0.05, 0) is 36.2 Å². The maximum atomic E-state index is 4.58. The highest BCUT2D eigenvalue weighted by atomic mass is 15.4. The van der Waals surface area contributed by atoms with Crippen molar-refractivity contribution < 1.29 is 0 Å². The summed E-state index contributed by atoms with van der Waals surface area (Å²) in [7, 11) is 0. The highest BCUT2D eigenvalue weighted by Gasteiger charge is 2.14. The number of fused-ring (bicyclic) bond motifs is 2. The Labute approximate surface area is 140 Å². The second kappa shape index (κ2) is 5.70. The minimum atomic E-state index is 0.308. The first-order valence-corrected chi connectivity index (χ1v) is 8.26. The monoisotopic (exact) mass is 320 g/mol. The van der Waals surface area contributed by atoms with Gasteiger partial charge in [0.2, 0.25) is 0 Å². The van der Waals surface area contributed by atoms with Crippen LogP contribution in [0.5, 0.6) is 0 Å². The summed E-state index contributed by atoms with van der Waals surface area (Å²) in [4.78, 5) is 0. The summed E-state index contributed by atoms with van der Waals surface area (Å²) in [6, 6.07) is 10.2. The summed E-state index contributed by atoms with van der Waals surface area (Å²) in [6.45, 7) is 6.46. The summed E-state index contributed by atoms with van der Waals surface area (Å²) in [6.07, 6.45) is 4.81. The second-order valence-electron chi connectivity index (χ2n) is 6.59. The molecule has 24 heavy (non-hydrogen) atoms. The first-order valence-electron chi connectivity index (χ1n) is 8.26. The van der Waals surface area contributed by atoms with Crippen LogP contribution in [0.2, 0.25) is 0 Å². The molecule has 0 amide bonds. The summed E-state index contributed by atoms with van der Waals surface area (Å²) in [5, 5.41) is 17.3. The van der Waals surface area contributed by atoms with Crippen LogP contribution in [-0.4, -0.2) is 29.4 Å². The van der Waals surface area contributed by atoms with E-state index in [-0.39, 0.29) is 0 Å². The number of nitrogens with zero attached hydrogens (tertiary/aromatic N) is 6. The van der Waals surface area contributed by atoms with Crippen molar-refractivity contribution in [3.8, 4) is 0 Å². The summed E-state index contributed by atoms with van der Waals surface area (Å²) < 4.78 is 3.78. The fourth-order valence-corrected chi connectivity index (χ4v) is 3.02. The molecule has 0 aliphatic carbocycles. The lowest BCUT2D eigenvalue weighted by atomic mass is 9.99. The Balaban J connectivity index is 1.64. The molecule has 6 heteroatoms. The number of hydrogen-bond acceptors (Lipinski definition) is 4. The third-order valence-corrected chi connectivity index (χ3v) is 4.32. The van der Waals surface area contributed by atoms with E-state index in [1.807, 2.05) is 18.2 Å². The topological polar surface area (TPSA) is 60.4 Å². The first-order chi connectivity index (χ1) is 11.6. The van der Waals surface area contributed by atoms with E-state index in [4.69, 9.17) is 0 Å². The zero-order chi connectivity index (χ0) is 16.7. The van der Waals surface area contributed by atoms with Crippen molar-refractivity contribution in [3.63, 3.8) is 0 Å². The molecule has 0 saturated heterocycles. The zero-order valence-electron chi connectivity index (χ0n) is 14.1. The molecule has 0 radical (unpaired) electrons.